The van der Waals surface area contributed by atoms with Crippen LogP contribution in [0.25, 0.3) is 21.0 Å². The van der Waals surface area contributed by atoms with Crippen molar-refractivity contribution in [2.45, 2.75) is 32.7 Å². The van der Waals surface area contributed by atoms with Crippen molar-refractivity contribution in [2.24, 2.45) is 4.99 Å². The summed E-state index contributed by atoms with van der Waals surface area (Å²) in [6, 6.07) is 19.7. The number of allylic oxidation sites excluding steroid dienone is 1. The van der Waals surface area contributed by atoms with E-state index in [1.165, 1.54) is 22.1 Å². The summed E-state index contributed by atoms with van der Waals surface area (Å²) >= 11 is 1.54. The van der Waals surface area contributed by atoms with Crippen molar-refractivity contribution in [3.8, 4) is 5.75 Å². The largest absolute Gasteiger partial charge is 0.494 e. The normalized spacial score (nSPS) is 11.8. The molecule has 1 amide bonds. The molecule has 0 atom stereocenters. The molecule has 1 heterocycles. The van der Waals surface area contributed by atoms with E-state index in [9.17, 15) is 4.79 Å². The number of unbranched alkanes of at least 4 members (excludes halogenated alkanes) is 2. The molecular weight excluding hydrogens is 404 g/mol. The van der Waals surface area contributed by atoms with Crippen molar-refractivity contribution in [3.05, 3.63) is 83.7 Å². The number of rotatable bonds is 8. The molecule has 0 radical (unpaired) electrons. The summed E-state index contributed by atoms with van der Waals surface area (Å²) in [6.45, 7) is 7.33. The standard InChI is InChI=1S/C26H26N2O2S/c1-3-5-8-18-30-21-14-11-20(12-15-21)25(29)27-26-28(17-4-2)23-16-13-19-9-6-7-10-22(19)24(23)31-26/h4,6-7,9-16H,2-3,5,8,17-18H2,1H3. The van der Waals surface area contributed by atoms with Crippen LogP contribution in [0.5, 0.6) is 5.75 Å². The number of amides is 1. The Bertz CT molecular complexity index is 1280. The van der Waals surface area contributed by atoms with E-state index in [1.807, 2.05) is 34.9 Å². The number of hydrogen-bond donors (Lipinski definition) is 0. The van der Waals surface area contributed by atoms with Gasteiger partial charge in [-0.15, -0.1) is 6.58 Å². The van der Waals surface area contributed by atoms with Gasteiger partial charge in [-0.1, -0.05) is 67.5 Å². The predicted molar refractivity (Wildman–Crippen MR) is 129 cm³/mol. The average molecular weight is 431 g/mol. The van der Waals surface area contributed by atoms with Gasteiger partial charge in [0.1, 0.15) is 5.75 Å². The molecule has 3 aromatic carbocycles. The topological polar surface area (TPSA) is 43.6 Å². The van der Waals surface area contributed by atoms with E-state index in [2.05, 4.69) is 42.8 Å². The van der Waals surface area contributed by atoms with Gasteiger partial charge in [-0.3, -0.25) is 4.79 Å². The Kier molecular flexibility index (Phi) is 6.63. The lowest BCUT2D eigenvalue weighted by Crippen LogP contribution is -2.16. The Labute approximate surface area is 186 Å². The third-order valence-corrected chi connectivity index (χ3v) is 6.33. The molecule has 158 valence electrons. The number of nitrogens with zero attached hydrogens (tertiary/aromatic N) is 2. The van der Waals surface area contributed by atoms with Crippen molar-refractivity contribution in [2.75, 3.05) is 6.61 Å². The molecule has 0 spiro atoms. The van der Waals surface area contributed by atoms with Gasteiger partial charge in [0.25, 0.3) is 5.91 Å². The van der Waals surface area contributed by atoms with E-state index in [0.717, 1.165) is 35.2 Å². The van der Waals surface area contributed by atoms with Gasteiger partial charge in [0.2, 0.25) is 0 Å². The first kappa shape index (κ1) is 21.1. The van der Waals surface area contributed by atoms with E-state index >= 15 is 0 Å². The highest BCUT2D eigenvalue weighted by atomic mass is 32.1. The minimum Gasteiger partial charge on any atom is -0.494 e. The van der Waals surface area contributed by atoms with Crippen LogP contribution in [0, 0.1) is 0 Å². The molecule has 0 saturated heterocycles. The van der Waals surface area contributed by atoms with E-state index in [0.29, 0.717) is 23.5 Å². The van der Waals surface area contributed by atoms with Crippen molar-refractivity contribution < 1.29 is 9.53 Å². The molecule has 4 aromatic rings. The number of ether oxygens (including phenoxy) is 1. The summed E-state index contributed by atoms with van der Waals surface area (Å²) in [7, 11) is 0. The van der Waals surface area contributed by atoms with Crippen LogP contribution in [-0.4, -0.2) is 17.1 Å². The molecule has 4 rings (SSSR count). The number of fused-ring (bicyclic) bond motifs is 3. The Balaban J connectivity index is 1.66. The maximum atomic E-state index is 12.9. The summed E-state index contributed by atoms with van der Waals surface area (Å²) in [5.41, 5.74) is 1.61. The molecule has 31 heavy (non-hydrogen) atoms. The van der Waals surface area contributed by atoms with E-state index in [1.54, 1.807) is 12.1 Å². The molecule has 0 unspecified atom stereocenters. The van der Waals surface area contributed by atoms with Crippen LogP contribution in [0.15, 0.2) is 78.3 Å². The van der Waals surface area contributed by atoms with Crippen LogP contribution in [0.2, 0.25) is 0 Å². The second-order valence-electron chi connectivity index (χ2n) is 7.42. The van der Waals surface area contributed by atoms with E-state index < -0.39 is 0 Å². The fraction of sp³-hybridized carbons (Fsp3) is 0.231. The van der Waals surface area contributed by atoms with Gasteiger partial charge in [0.05, 0.1) is 16.8 Å². The van der Waals surface area contributed by atoms with Gasteiger partial charge >= 0.3 is 0 Å². The lowest BCUT2D eigenvalue weighted by atomic mass is 10.1. The lowest BCUT2D eigenvalue weighted by molar-refractivity contribution is 0.0998. The zero-order valence-corrected chi connectivity index (χ0v) is 18.5. The minimum absolute atomic E-state index is 0.258. The third-order valence-electron chi connectivity index (χ3n) is 5.20. The Hall–Kier alpha value is -3.18. The molecule has 1 aromatic heterocycles. The monoisotopic (exact) mass is 430 g/mol. The summed E-state index contributed by atoms with van der Waals surface area (Å²) < 4.78 is 8.91. The van der Waals surface area contributed by atoms with Crippen LogP contribution >= 0.6 is 11.3 Å². The predicted octanol–water partition coefficient (Wildman–Crippen LogP) is 6.35. The molecule has 0 aliphatic carbocycles. The maximum Gasteiger partial charge on any atom is 0.279 e. The van der Waals surface area contributed by atoms with Crippen molar-refractivity contribution in [3.63, 3.8) is 0 Å². The molecule has 0 aliphatic heterocycles. The first-order valence-electron chi connectivity index (χ1n) is 10.6. The zero-order valence-electron chi connectivity index (χ0n) is 17.7. The number of aromatic nitrogens is 1. The quantitative estimate of drug-likeness (QED) is 0.241. The molecule has 5 heteroatoms. The second-order valence-corrected chi connectivity index (χ2v) is 8.39. The minimum atomic E-state index is -0.258. The summed E-state index contributed by atoms with van der Waals surface area (Å²) in [4.78, 5) is 18.0. The smallest absolute Gasteiger partial charge is 0.279 e. The van der Waals surface area contributed by atoms with Gasteiger partial charge in [0.15, 0.2) is 4.80 Å². The Morgan fingerprint density at radius 2 is 1.90 bits per heavy atom. The number of carbonyl (C=O) groups excluding carboxylic acids is 1. The van der Waals surface area contributed by atoms with Crippen molar-refractivity contribution in [1.29, 1.82) is 0 Å². The van der Waals surface area contributed by atoms with Crippen LogP contribution in [0.3, 0.4) is 0 Å². The van der Waals surface area contributed by atoms with Gasteiger partial charge < -0.3 is 9.30 Å². The fourth-order valence-corrected chi connectivity index (χ4v) is 4.75. The van der Waals surface area contributed by atoms with Gasteiger partial charge in [-0.05, 0) is 42.1 Å². The van der Waals surface area contributed by atoms with Crippen molar-refractivity contribution in [1.82, 2.24) is 4.57 Å². The van der Waals surface area contributed by atoms with Crippen molar-refractivity contribution >= 4 is 38.2 Å². The van der Waals surface area contributed by atoms with E-state index in [-0.39, 0.29) is 5.91 Å². The highest BCUT2D eigenvalue weighted by molar-refractivity contribution is 7.17. The lowest BCUT2D eigenvalue weighted by Gasteiger charge is -2.05. The number of carbonyl (C=O) groups is 1. The zero-order chi connectivity index (χ0) is 21.6. The van der Waals surface area contributed by atoms with Gasteiger partial charge in [-0.2, -0.15) is 4.99 Å². The average Bonchev–Trinajstić information content (AvgIpc) is 3.15. The second kappa shape index (κ2) is 9.75. The fourth-order valence-electron chi connectivity index (χ4n) is 3.58. The van der Waals surface area contributed by atoms with Crippen LogP contribution < -0.4 is 9.54 Å². The highest BCUT2D eigenvalue weighted by Crippen LogP contribution is 2.27. The first-order chi connectivity index (χ1) is 15.2. The van der Waals surface area contributed by atoms with E-state index in [4.69, 9.17) is 4.74 Å². The number of thiazole rings is 1. The number of hydrogen-bond acceptors (Lipinski definition) is 3. The van der Waals surface area contributed by atoms with Gasteiger partial charge in [-0.25, -0.2) is 0 Å². The number of benzene rings is 3. The first-order valence-corrected chi connectivity index (χ1v) is 11.5. The molecule has 0 N–H and O–H groups in total. The summed E-state index contributed by atoms with van der Waals surface area (Å²) in [6.07, 6.45) is 5.19. The molecule has 0 aliphatic rings. The molecule has 0 fully saturated rings. The maximum absolute atomic E-state index is 12.9. The van der Waals surface area contributed by atoms with Gasteiger partial charge in [0, 0.05) is 17.5 Å². The third kappa shape index (κ3) is 4.62. The molecule has 0 saturated carbocycles. The Morgan fingerprint density at radius 3 is 2.68 bits per heavy atom. The molecule has 0 bridgehead atoms. The highest BCUT2D eigenvalue weighted by Gasteiger charge is 2.11. The molecular formula is C26H26N2O2S. The SMILES string of the molecule is C=CCn1c(=NC(=O)c2ccc(OCCCCC)cc2)sc2c3ccccc3ccc21. The van der Waals surface area contributed by atoms with Crippen LogP contribution in [-0.2, 0) is 6.54 Å². The Morgan fingerprint density at radius 1 is 1.10 bits per heavy atom. The van der Waals surface area contributed by atoms with Crippen LogP contribution in [0.1, 0.15) is 36.5 Å². The summed E-state index contributed by atoms with van der Waals surface area (Å²) in [5, 5.41) is 2.34. The summed E-state index contributed by atoms with van der Waals surface area (Å²) in [5.74, 6) is 0.522. The molecule has 4 nitrogen and oxygen atoms in total. The van der Waals surface area contributed by atoms with Crippen LogP contribution in [0.4, 0.5) is 0 Å².